The fourth-order valence-corrected chi connectivity index (χ4v) is 1.32. The Kier molecular flexibility index (Phi) is 4.81. The van der Waals surface area contributed by atoms with Crippen LogP contribution in [0.5, 0.6) is 0 Å². The van der Waals surface area contributed by atoms with Crippen LogP contribution in [0.1, 0.15) is 12.0 Å². The number of hydrogen-bond acceptors (Lipinski definition) is 4. The van der Waals surface area contributed by atoms with Gasteiger partial charge in [-0.05, 0) is 6.08 Å². The van der Waals surface area contributed by atoms with Crippen LogP contribution in [0.3, 0.4) is 0 Å². The Morgan fingerprint density at radius 3 is 2.74 bits per heavy atom. The molecular weight excluding hydrogens is 252 g/mol. The Balaban J connectivity index is 2.60. The van der Waals surface area contributed by atoms with E-state index in [2.05, 4.69) is 10.4 Å². The van der Waals surface area contributed by atoms with Gasteiger partial charge < -0.3 is 16.2 Å². The molecule has 1 unspecified atom stereocenters. The molecule has 0 radical (unpaired) electrons. The quantitative estimate of drug-likeness (QED) is 0.562. The fraction of sp³-hybridized carbons (Fsp3) is 0.273. The second kappa shape index (κ2) is 6.34. The zero-order valence-electron chi connectivity index (χ0n) is 10.2. The molecule has 0 aromatic carbocycles. The maximum absolute atomic E-state index is 11.5. The maximum Gasteiger partial charge on any atom is 0.326 e. The lowest BCUT2D eigenvalue weighted by atomic mass is 10.2. The zero-order chi connectivity index (χ0) is 14.4. The molecule has 1 aromatic heterocycles. The van der Waals surface area contributed by atoms with Crippen LogP contribution in [0.2, 0.25) is 0 Å². The minimum atomic E-state index is -1.33. The van der Waals surface area contributed by atoms with E-state index in [1.54, 1.807) is 24.1 Å². The molecule has 0 aliphatic carbocycles. The first-order valence-electron chi connectivity index (χ1n) is 5.37. The first-order chi connectivity index (χ1) is 8.88. The normalized spacial score (nSPS) is 12.3. The van der Waals surface area contributed by atoms with Gasteiger partial charge in [-0.25, -0.2) is 4.79 Å². The number of nitrogens with two attached hydrogens (primary N) is 1. The zero-order valence-corrected chi connectivity index (χ0v) is 10.2. The van der Waals surface area contributed by atoms with E-state index in [-0.39, 0.29) is 0 Å². The number of hydrogen-bond donors (Lipinski definition) is 3. The van der Waals surface area contributed by atoms with Crippen molar-refractivity contribution in [3.8, 4) is 0 Å². The summed E-state index contributed by atoms with van der Waals surface area (Å²) >= 11 is 0. The third kappa shape index (κ3) is 5.02. The summed E-state index contributed by atoms with van der Waals surface area (Å²) in [7, 11) is 1.73. The van der Waals surface area contributed by atoms with Gasteiger partial charge in [-0.3, -0.25) is 14.3 Å². The predicted octanol–water partition coefficient (Wildman–Crippen LogP) is -1.12. The number of amides is 2. The number of primary amides is 1. The van der Waals surface area contributed by atoms with Crippen LogP contribution in [-0.2, 0) is 21.4 Å². The number of carboxylic acids is 1. The molecule has 8 heteroatoms. The lowest BCUT2D eigenvalue weighted by molar-refractivity contribution is -0.142. The minimum Gasteiger partial charge on any atom is -0.480 e. The molecule has 0 spiro atoms. The second-order valence-corrected chi connectivity index (χ2v) is 3.85. The largest absolute Gasteiger partial charge is 0.480 e. The van der Waals surface area contributed by atoms with E-state index in [0.29, 0.717) is 5.56 Å². The molecule has 1 atom stereocenters. The lowest BCUT2D eigenvalue weighted by Crippen LogP contribution is -2.42. The number of rotatable bonds is 6. The fourth-order valence-electron chi connectivity index (χ4n) is 1.32. The maximum atomic E-state index is 11.5. The minimum absolute atomic E-state index is 0.457. The third-order valence-electron chi connectivity index (χ3n) is 2.17. The molecular formula is C11H14N4O4. The van der Waals surface area contributed by atoms with Gasteiger partial charge in [0.25, 0.3) is 0 Å². The Hall–Kier alpha value is -2.64. The van der Waals surface area contributed by atoms with Gasteiger partial charge in [0.2, 0.25) is 11.8 Å². The topological polar surface area (TPSA) is 127 Å². The molecule has 0 aliphatic rings. The number of aliphatic carboxylic acids is 1. The summed E-state index contributed by atoms with van der Waals surface area (Å²) in [5.41, 5.74) is 5.59. The van der Waals surface area contributed by atoms with Gasteiger partial charge in [0.15, 0.2) is 0 Å². The summed E-state index contributed by atoms with van der Waals surface area (Å²) in [6.45, 7) is 0. The molecule has 0 bridgehead atoms. The number of nitrogens with one attached hydrogen (secondary N) is 1. The van der Waals surface area contributed by atoms with E-state index in [4.69, 9.17) is 10.8 Å². The predicted molar refractivity (Wildman–Crippen MR) is 65.6 cm³/mol. The van der Waals surface area contributed by atoms with E-state index in [0.717, 1.165) is 6.08 Å². The Bertz CT molecular complexity index is 521. The molecule has 0 fully saturated rings. The summed E-state index contributed by atoms with van der Waals surface area (Å²) in [6.07, 6.45) is 5.41. The van der Waals surface area contributed by atoms with Crippen molar-refractivity contribution >= 4 is 23.9 Å². The van der Waals surface area contributed by atoms with E-state index in [1.165, 1.54) is 6.08 Å². The number of carbonyl (C=O) groups excluding carboxylic acids is 2. The number of nitrogens with zero attached hydrogens (tertiary/aromatic N) is 2. The van der Waals surface area contributed by atoms with Crippen LogP contribution in [-0.4, -0.2) is 38.7 Å². The molecule has 0 saturated heterocycles. The van der Waals surface area contributed by atoms with E-state index >= 15 is 0 Å². The highest BCUT2D eigenvalue weighted by molar-refractivity contribution is 5.95. The highest BCUT2D eigenvalue weighted by Gasteiger charge is 2.20. The van der Waals surface area contributed by atoms with Crippen molar-refractivity contribution in [1.82, 2.24) is 15.1 Å². The SMILES string of the molecule is Cn1cc(/C=C/C(=O)NC(CC(N)=O)C(=O)O)cn1. The van der Waals surface area contributed by atoms with Crippen molar-refractivity contribution < 1.29 is 19.5 Å². The molecule has 4 N–H and O–H groups in total. The van der Waals surface area contributed by atoms with E-state index in [9.17, 15) is 14.4 Å². The lowest BCUT2D eigenvalue weighted by Gasteiger charge is -2.10. The van der Waals surface area contributed by atoms with Gasteiger partial charge in [0.05, 0.1) is 12.6 Å². The molecule has 2 amide bonds. The van der Waals surface area contributed by atoms with Gasteiger partial charge in [-0.15, -0.1) is 0 Å². The van der Waals surface area contributed by atoms with Crippen molar-refractivity contribution in [2.75, 3.05) is 0 Å². The molecule has 0 aliphatic heterocycles. The van der Waals surface area contributed by atoms with Gasteiger partial charge in [-0.2, -0.15) is 5.10 Å². The molecule has 0 saturated carbocycles. The average molecular weight is 266 g/mol. The Morgan fingerprint density at radius 2 is 2.26 bits per heavy atom. The van der Waals surface area contributed by atoms with E-state index < -0.39 is 30.2 Å². The summed E-state index contributed by atoms with van der Waals surface area (Å²) in [5.74, 6) is -2.75. The Labute approximate surface area is 108 Å². The number of aryl methyl sites for hydroxylation is 1. The van der Waals surface area contributed by atoms with E-state index in [1.807, 2.05) is 0 Å². The monoisotopic (exact) mass is 266 g/mol. The molecule has 8 nitrogen and oxygen atoms in total. The van der Waals surface area contributed by atoms with Crippen LogP contribution in [0.15, 0.2) is 18.5 Å². The highest BCUT2D eigenvalue weighted by atomic mass is 16.4. The van der Waals surface area contributed by atoms with Crippen molar-refractivity contribution in [3.63, 3.8) is 0 Å². The molecule has 1 rings (SSSR count). The molecule has 19 heavy (non-hydrogen) atoms. The first kappa shape index (κ1) is 14.4. The average Bonchev–Trinajstić information content (AvgIpc) is 2.71. The van der Waals surface area contributed by atoms with Gasteiger partial charge >= 0.3 is 5.97 Å². The molecule has 1 heterocycles. The van der Waals surface area contributed by atoms with Crippen LogP contribution >= 0.6 is 0 Å². The molecule has 1 aromatic rings. The van der Waals surface area contributed by atoms with Crippen LogP contribution in [0.25, 0.3) is 6.08 Å². The van der Waals surface area contributed by atoms with Crippen LogP contribution < -0.4 is 11.1 Å². The number of carboxylic acid groups (broad SMARTS) is 1. The van der Waals surface area contributed by atoms with Gasteiger partial charge in [0, 0.05) is 24.9 Å². The van der Waals surface area contributed by atoms with Crippen molar-refractivity contribution in [2.24, 2.45) is 12.8 Å². The van der Waals surface area contributed by atoms with Gasteiger partial charge in [0.1, 0.15) is 6.04 Å². The highest BCUT2D eigenvalue weighted by Crippen LogP contribution is 1.99. The summed E-state index contributed by atoms with van der Waals surface area (Å²) in [4.78, 5) is 32.9. The summed E-state index contributed by atoms with van der Waals surface area (Å²) in [5, 5.41) is 14.9. The number of carbonyl (C=O) groups is 3. The second-order valence-electron chi connectivity index (χ2n) is 3.85. The molecule has 102 valence electrons. The Morgan fingerprint density at radius 1 is 1.58 bits per heavy atom. The van der Waals surface area contributed by atoms with Crippen molar-refractivity contribution in [2.45, 2.75) is 12.5 Å². The standard InChI is InChI=1S/C11H14N4O4/c1-15-6-7(5-13-15)2-3-10(17)14-8(11(18)19)4-9(12)16/h2-3,5-6,8H,4H2,1H3,(H2,12,16)(H,14,17)(H,18,19)/b3-2+. The van der Waals surface area contributed by atoms with Crippen LogP contribution in [0, 0.1) is 0 Å². The smallest absolute Gasteiger partial charge is 0.326 e. The van der Waals surface area contributed by atoms with Crippen LogP contribution in [0.4, 0.5) is 0 Å². The summed E-state index contributed by atoms with van der Waals surface area (Å²) < 4.78 is 1.56. The summed E-state index contributed by atoms with van der Waals surface area (Å²) in [6, 6.07) is -1.33. The third-order valence-corrected chi connectivity index (χ3v) is 2.17. The first-order valence-corrected chi connectivity index (χ1v) is 5.37. The van der Waals surface area contributed by atoms with Crippen molar-refractivity contribution in [1.29, 1.82) is 0 Å². The number of aromatic nitrogens is 2. The van der Waals surface area contributed by atoms with Gasteiger partial charge in [-0.1, -0.05) is 0 Å². The van der Waals surface area contributed by atoms with Crippen molar-refractivity contribution in [3.05, 3.63) is 24.0 Å².